The number of carbonyl (C=O) groups is 2. The fourth-order valence-electron chi connectivity index (χ4n) is 2.83. The Bertz CT molecular complexity index is 1090. The first kappa shape index (κ1) is 21.6. The van der Waals surface area contributed by atoms with E-state index in [9.17, 15) is 14.4 Å². The Morgan fingerprint density at radius 1 is 1.16 bits per heavy atom. The monoisotopic (exact) mass is 426 g/mol. The lowest BCUT2D eigenvalue weighted by Gasteiger charge is -2.18. The average Bonchev–Trinajstić information content (AvgIpc) is 3.15. The molecule has 2 N–H and O–H groups in total. The number of anilines is 1. The lowest BCUT2D eigenvalue weighted by molar-refractivity contribution is -0.145. The van der Waals surface area contributed by atoms with Crippen LogP contribution < -0.4 is 21.1 Å². The molecule has 0 spiro atoms. The molecule has 1 aromatic heterocycles. The second kappa shape index (κ2) is 10.1. The predicted octanol–water partition coefficient (Wildman–Crippen LogP) is 2.13. The molecule has 0 radical (unpaired) electrons. The Hall–Kier alpha value is -4.08. The third kappa shape index (κ3) is 5.72. The first-order valence-corrected chi connectivity index (χ1v) is 9.52. The Labute approximate surface area is 177 Å². The van der Waals surface area contributed by atoms with E-state index in [1.807, 2.05) is 30.3 Å². The van der Waals surface area contributed by atoms with Gasteiger partial charge < -0.3 is 24.5 Å². The molecule has 10 heteroatoms. The van der Waals surface area contributed by atoms with Crippen LogP contribution in [0.3, 0.4) is 0 Å². The van der Waals surface area contributed by atoms with Gasteiger partial charge in [-0.3, -0.25) is 0 Å². The van der Waals surface area contributed by atoms with Gasteiger partial charge in [0, 0.05) is 12.1 Å². The first-order chi connectivity index (χ1) is 15.0. The smallest absolute Gasteiger partial charge is 0.444 e. The highest BCUT2D eigenvalue weighted by atomic mass is 16.6. The second-order valence-electron chi connectivity index (χ2n) is 6.39. The van der Waals surface area contributed by atoms with Crippen LogP contribution in [0.25, 0.3) is 5.69 Å². The van der Waals surface area contributed by atoms with E-state index in [2.05, 4.69) is 15.7 Å². The Balaban J connectivity index is 1.72. The lowest BCUT2D eigenvalue weighted by atomic mass is 10.1. The summed E-state index contributed by atoms with van der Waals surface area (Å²) in [5.74, 6) is -1.26. The molecule has 3 aromatic rings. The van der Waals surface area contributed by atoms with E-state index in [4.69, 9.17) is 13.9 Å². The summed E-state index contributed by atoms with van der Waals surface area (Å²) in [5.41, 5.74) is 1.62. The van der Waals surface area contributed by atoms with Crippen molar-refractivity contribution in [3.8, 4) is 11.8 Å². The summed E-state index contributed by atoms with van der Waals surface area (Å²) < 4.78 is 15.7. The van der Waals surface area contributed by atoms with E-state index >= 15 is 0 Å². The zero-order valence-corrected chi connectivity index (χ0v) is 17.0. The number of hydrogen-bond acceptors (Lipinski definition) is 7. The summed E-state index contributed by atoms with van der Waals surface area (Å²) in [7, 11) is 1.33. The highest BCUT2D eigenvalue weighted by Crippen LogP contribution is 2.14. The van der Waals surface area contributed by atoms with Crippen LogP contribution in [-0.4, -0.2) is 41.5 Å². The normalized spacial score (nSPS) is 11.4. The number of amides is 2. The van der Waals surface area contributed by atoms with Crippen LogP contribution in [0.4, 0.5) is 10.5 Å². The summed E-state index contributed by atoms with van der Waals surface area (Å²) in [6.45, 7) is 1.90. The van der Waals surface area contributed by atoms with Crippen molar-refractivity contribution in [1.29, 1.82) is 0 Å². The van der Waals surface area contributed by atoms with Gasteiger partial charge in [0.2, 0.25) is 0 Å². The maximum Gasteiger partial charge on any atom is 0.444 e. The molecule has 2 aromatic carbocycles. The Morgan fingerprint density at radius 2 is 1.94 bits per heavy atom. The van der Waals surface area contributed by atoms with Crippen LogP contribution in [0.5, 0.6) is 6.08 Å². The van der Waals surface area contributed by atoms with E-state index in [1.54, 1.807) is 25.1 Å². The number of aromatic nitrogens is 2. The summed E-state index contributed by atoms with van der Waals surface area (Å²) in [5, 5.41) is 9.16. The molecule has 162 valence electrons. The van der Waals surface area contributed by atoms with Crippen LogP contribution in [-0.2, 0) is 16.0 Å². The van der Waals surface area contributed by atoms with Gasteiger partial charge in [-0.05, 0) is 30.7 Å². The molecule has 1 unspecified atom stereocenters. The Morgan fingerprint density at radius 3 is 2.61 bits per heavy atom. The molecule has 0 fully saturated rings. The van der Waals surface area contributed by atoms with Gasteiger partial charge in [0.1, 0.15) is 6.04 Å². The predicted molar refractivity (Wildman–Crippen MR) is 111 cm³/mol. The topological polar surface area (TPSA) is 125 Å². The standard InChI is InChI=1S/C21H22N4O6/c1-3-30-18(26)17(12-14-8-5-4-6-9-14)23-19(27)22-15-10-7-11-16(13-15)25-21(28)31-20(24-25)29-2/h4-11,13,17H,3,12H2,1-2H3,(H2,22,23,27). The minimum atomic E-state index is -0.868. The number of esters is 1. The number of nitrogens with one attached hydrogen (secondary N) is 2. The molecule has 0 aliphatic heterocycles. The molecule has 0 saturated carbocycles. The number of urea groups is 1. The van der Waals surface area contributed by atoms with Crippen LogP contribution in [0.2, 0.25) is 0 Å². The highest BCUT2D eigenvalue weighted by molar-refractivity contribution is 5.92. The number of methoxy groups -OCH3 is 1. The van der Waals surface area contributed by atoms with Crippen LogP contribution in [0.15, 0.2) is 63.8 Å². The van der Waals surface area contributed by atoms with Crippen molar-refractivity contribution in [1.82, 2.24) is 15.1 Å². The number of ether oxygens (including phenoxy) is 2. The van der Waals surface area contributed by atoms with E-state index in [0.717, 1.165) is 10.2 Å². The molecule has 3 rings (SSSR count). The molecular formula is C21H22N4O6. The van der Waals surface area contributed by atoms with E-state index in [0.29, 0.717) is 11.4 Å². The van der Waals surface area contributed by atoms with Crippen molar-refractivity contribution in [2.24, 2.45) is 0 Å². The third-order valence-corrected chi connectivity index (χ3v) is 4.21. The molecule has 1 atom stereocenters. The van der Waals surface area contributed by atoms with Crippen molar-refractivity contribution in [2.45, 2.75) is 19.4 Å². The molecule has 2 amide bonds. The first-order valence-electron chi connectivity index (χ1n) is 9.52. The van der Waals surface area contributed by atoms with Gasteiger partial charge in [0.25, 0.3) is 0 Å². The highest BCUT2D eigenvalue weighted by Gasteiger charge is 2.22. The van der Waals surface area contributed by atoms with Crippen molar-refractivity contribution < 1.29 is 23.5 Å². The van der Waals surface area contributed by atoms with Gasteiger partial charge >= 0.3 is 23.8 Å². The largest absolute Gasteiger partial charge is 0.464 e. The summed E-state index contributed by atoms with van der Waals surface area (Å²) >= 11 is 0. The maximum atomic E-state index is 12.5. The van der Waals surface area contributed by atoms with E-state index in [1.165, 1.54) is 13.2 Å². The number of rotatable bonds is 8. The van der Waals surface area contributed by atoms with Gasteiger partial charge in [-0.25, -0.2) is 14.4 Å². The SMILES string of the molecule is CCOC(=O)C(Cc1ccccc1)NC(=O)Nc1cccc(-n2nc(OC)oc2=O)c1. The molecule has 31 heavy (non-hydrogen) atoms. The average molecular weight is 426 g/mol. The summed E-state index contributed by atoms with van der Waals surface area (Å²) in [6, 6.07) is 14.2. The van der Waals surface area contributed by atoms with Crippen LogP contribution >= 0.6 is 0 Å². The zero-order valence-electron chi connectivity index (χ0n) is 17.0. The van der Waals surface area contributed by atoms with Crippen molar-refractivity contribution >= 4 is 17.7 Å². The minimum absolute atomic E-state index is 0.181. The number of benzene rings is 2. The fraction of sp³-hybridized carbons (Fsp3) is 0.238. The molecule has 0 bridgehead atoms. The van der Waals surface area contributed by atoms with Crippen molar-refractivity contribution in [3.63, 3.8) is 0 Å². The molecule has 0 aliphatic rings. The van der Waals surface area contributed by atoms with Gasteiger partial charge in [-0.2, -0.15) is 4.68 Å². The fourth-order valence-corrected chi connectivity index (χ4v) is 2.83. The number of hydrogen-bond donors (Lipinski definition) is 2. The van der Waals surface area contributed by atoms with Gasteiger partial charge in [0.15, 0.2) is 0 Å². The summed E-state index contributed by atoms with van der Waals surface area (Å²) in [4.78, 5) is 36.7. The van der Waals surface area contributed by atoms with Gasteiger partial charge in [-0.1, -0.05) is 41.5 Å². The summed E-state index contributed by atoms with van der Waals surface area (Å²) in [6.07, 6.45) is 0.0978. The van der Waals surface area contributed by atoms with Crippen molar-refractivity contribution in [3.05, 3.63) is 70.7 Å². The van der Waals surface area contributed by atoms with E-state index < -0.39 is 23.8 Å². The third-order valence-electron chi connectivity index (χ3n) is 4.21. The number of nitrogens with zero attached hydrogens (tertiary/aromatic N) is 2. The van der Waals surface area contributed by atoms with Gasteiger partial charge in [-0.15, -0.1) is 0 Å². The van der Waals surface area contributed by atoms with Crippen LogP contribution in [0.1, 0.15) is 12.5 Å². The minimum Gasteiger partial charge on any atom is -0.464 e. The quantitative estimate of drug-likeness (QED) is 0.529. The Kier molecular flexibility index (Phi) is 7.05. The lowest BCUT2D eigenvalue weighted by Crippen LogP contribution is -2.45. The molecule has 10 nitrogen and oxygen atoms in total. The molecule has 1 heterocycles. The molecule has 0 saturated heterocycles. The molecule has 0 aliphatic carbocycles. The number of carbonyl (C=O) groups excluding carboxylic acids is 2. The van der Waals surface area contributed by atoms with Crippen molar-refractivity contribution in [2.75, 3.05) is 19.0 Å². The van der Waals surface area contributed by atoms with E-state index in [-0.39, 0.29) is 19.1 Å². The second-order valence-corrected chi connectivity index (χ2v) is 6.39. The maximum absolute atomic E-state index is 12.5. The zero-order chi connectivity index (χ0) is 22.2. The van der Waals surface area contributed by atoms with Crippen LogP contribution in [0, 0.1) is 0 Å². The molecular weight excluding hydrogens is 404 g/mol. The van der Waals surface area contributed by atoms with Gasteiger partial charge in [0.05, 0.1) is 19.4 Å².